The Balaban J connectivity index is 2.39. The Hall–Kier alpha value is -4.46. The summed E-state index contributed by atoms with van der Waals surface area (Å²) in [6.45, 7) is 11.7. The van der Waals surface area contributed by atoms with Crippen LogP contribution in [-0.4, -0.2) is 43.2 Å². The van der Waals surface area contributed by atoms with Crippen LogP contribution in [-0.2, 0) is 12.8 Å². The predicted molar refractivity (Wildman–Crippen MR) is 173 cm³/mol. The number of rotatable bonds is 11. The summed E-state index contributed by atoms with van der Waals surface area (Å²) in [5.74, 6) is -3.12. The zero-order valence-corrected chi connectivity index (χ0v) is 26.2. The van der Waals surface area contributed by atoms with Crippen LogP contribution >= 0.6 is 0 Å². The van der Waals surface area contributed by atoms with Crippen LogP contribution in [0, 0.1) is 0 Å². The number of aldehydes is 2. The van der Waals surface area contributed by atoms with Gasteiger partial charge in [0.1, 0.15) is 11.5 Å². The number of phenolic OH excluding ortho intramolecular Hbond substituents is 6. The lowest BCUT2D eigenvalue weighted by Gasteiger charge is -2.27. The van der Waals surface area contributed by atoms with Crippen molar-refractivity contribution in [2.45, 2.75) is 91.9 Å². The fourth-order valence-corrected chi connectivity index (χ4v) is 6.41. The number of phenols is 6. The van der Waals surface area contributed by atoms with Crippen molar-refractivity contribution in [2.75, 3.05) is 0 Å². The summed E-state index contributed by atoms with van der Waals surface area (Å²) in [6.07, 6.45) is 4.06. The van der Waals surface area contributed by atoms with E-state index in [1.807, 2.05) is 41.5 Å². The van der Waals surface area contributed by atoms with E-state index in [9.17, 15) is 40.2 Å². The summed E-state index contributed by atoms with van der Waals surface area (Å²) >= 11 is 0. The van der Waals surface area contributed by atoms with Crippen molar-refractivity contribution in [3.63, 3.8) is 0 Å². The molecule has 0 heterocycles. The van der Waals surface area contributed by atoms with Gasteiger partial charge in [-0.25, -0.2) is 0 Å². The van der Waals surface area contributed by atoms with Gasteiger partial charge in [0.2, 0.25) is 0 Å². The second-order valence-corrected chi connectivity index (χ2v) is 11.8. The molecular weight excluding hydrogens is 560 g/mol. The first-order valence-corrected chi connectivity index (χ1v) is 15.4. The smallest absolute Gasteiger partial charge is 0.169 e. The van der Waals surface area contributed by atoms with E-state index in [1.165, 1.54) is 0 Å². The summed E-state index contributed by atoms with van der Waals surface area (Å²) in [5.41, 5.74) is 1.99. The largest absolute Gasteiger partial charge is 0.507 e. The monoisotopic (exact) mass is 602 g/mol. The standard InChI is InChI=1S/C36H42O8/c1-7-11-19-23-13-21(17(5)9-3)29(35(43)27(23)25(15-37)33(41)31(19)39)30-22(18(6)10-4)14-24-20(12-8-2)32(40)34(42)26(16-38)28(24)36(30)44/h13-18,39-44H,7-12H2,1-6H3. The summed E-state index contributed by atoms with van der Waals surface area (Å²) in [6, 6.07) is 3.61. The molecule has 8 heteroatoms. The van der Waals surface area contributed by atoms with Crippen molar-refractivity contribution in [2.24, 2.45) is 0 Å². The molecule has 0 aromatic heterocycles. The third kappa shape index (κ3) is 4.86. The first-order valence-electron chi connectivity index (χ1n) is 15.4. The van der Waals surface area contributed by atoms with Gasteiger partial charge in [0.25, 0.3) is 0 Å². The van der Waals surface area contributed by atoms with E-state index in [-0.39, 0.29) is 56.4 Å². The van der Waals surface area contributed by atoms with E-state index in [0.717, 1.165) is 0 Å². The highest BCUT2D eigenvalue weighted by atomic mass is 16.3. The van der Waals surface area contributed by atoms with Gasteiger partial charge in [-0.3, -0.25) is 9.59 Å². The van der Waals surface area contributed by atoms with E-state index >= 15 is 0 Å². The molecule has 0 amide bonds. The maximum Gasteiger partial charge on any atom is 0.169 e. The number of fused-ring (bicyclic) bond motifs is 2. The Morgan fingerprint density at radius 2 is 0.909 bits per heavy atom. The number of carbonyl (C=O) groups excluding carboxylic acids is 2. The molecule has 4 aromatic carbocycles. The van der Waals surface area contributed by atoms with Gasteiger partial charge in [-0.05, 0) is 71.6 Å². The van der Waals surface area contributed by atoms with Crippen molar-refractivity contribution in [1.29, 1.82) is 0 Å². The van der Waals surface area contributed by atoms with Crippen molar-refractivity contribution in [1.82, 2.24) is 0 Å². The zero-order chi connectivity index (χ0) is 32.6. The van der Waals surface area contributed by atoms with Gasteiger partial charge in [-0.15, -0.1) is 0 Å². The lowest BCUT2D eigenvalue weighted by atomic mass is 9.78. The van der Waals surface area contributed by atoms with E-state index in [4.69, 9.17) is 0 Å². The second kappa shape index (κ2) is 12.6. The lowest BCUT2D eigenvalue weighted by molar-refractivity contribution is 0.111. The number of hydrogen-bond acceptors (Lipinski definition) is 8. The molecule has 6 N–H and O–H groups in total. The topological polar surface area (TPSA) is 156 Å². The van der Waals surface area contributed by atoms with Gasteiger partial charge in [0, 0.05) is 33.0 Å². The molecule has 0 spiro atoms. The van der Waals surface area contributed by atoms with Gasteiger partial charge in [-0.2, -0.15) is 0 Å². The van der Waals surface area contributed by atoms with E-state index in [2.05, 4.69) is 0 Å². The van der Waals surface area contributed by atoms with E-state index in [1.54, 1.807) is 12.1 Å². The first-order chi connectivity index (χ1) is 20.9. The Kier molecular flexibility index (Phi) is 9.33. The normalized spacial score (nSPS) is 13.0. The molecule has 0 aliphatic heterocycles. The Bertz CT molecular complexity index is 1660. The van der Waals surface area contributed by atoms with Crippen LogP contribution in [0.25, 0.3) is 32.7 Å². The van der Waals surface area contributed by atoms with Crippen molar-refractivity contribution < 1.29 is 40.2 Å². The van der Waals surface area contributed by atoms with Crippen LogP contribution in [0.5, 0.6) is 34.5 Å². The van der Waals surface area contributed by atoms with E-state index in [0.29, 0.717) is 84.1 Å². The molecule has 8 nitrogen and oxygen atoms in total. The summed E-state index contributed by atoms with van der Waals surface area (Å²) in [4.78, 5) is 24.7. The molecule has 2 unspecified atom stereocenters. The molecule has 4 aromatic rings. The molecule has 0 bridgehead atoms. The van der Waals surface area contributed by atoms with Crippen LogP contribution in [0.15, 0.2) is 12.1 Å². The molecule has 2 atom stereocenters. The molecule has 4 rings (SSSR count). The fourth-order valence-electron chi connectivity index (χ4n) is 6.41. The van der Waals surface area contributed by atoms with Crippen molar-refractivity contribution >= 4 is 34.1 Å². The van der Waals surface area contributed by atoms with Gasteiger partial charge in [-0.1, -0.05) is 54.4 Å². The molecule has 234 valence electrons. The summed E-state index contributed by atoms with van der Waals surface area (Å²) < 4.78 is 0. The molecule has 0 radical (unpaired) electrons. The predicted octanol–water partition coefficient (Wildman–Crippen LogP) is 8.45. The minimum absolute atomic E-state index is 0.0474. The second-order valence-electron chi connectivity index (χ2n) is 11.8. The first kappa shape index (κ1) is 32.5. The van der Waals surface area contributed by atoms with Crippen LogP contribution in [0.2, 0.25) is 0 Å². The quantitative estimate of drug-likeness (QED) is 0.0738. The third-order valence-electron chi connectivity index (χ3n) is 9.15. The minimum Gasteiger partial charge on any atom is -0.507 e. The Labute approximate surface area is 257 Å². The number of hydrogen-bond donors (Lipinski definition) is 6. The average Bonchev–Trinajstić information content (AvgIpc) is 3.02. The number of aryl methyl sites for hydroxylation is 2. The van der Waals surface area contributed by atoms with Crippen molar-refractivity contribution in [3.8, 4) is 45.6 Å². The summed E-state index contributed by atoms with van der Waals surface area (Å²) in [5, 5.41) is 68.8. The molecular formula is C36H42O8. The van der Waals surface area contributed by atoms with E-state index < -0.39 is 23.0 Å². The molecule has 0 saturated carbocycles. The highest BCUT2D eigenvalue weighted by molar-refractivity contribution is 6.14. The van der Waals surface area contributed by atoms with Crippen molar-refractivity contribution in [3.05, 3.63) is 45.5 Å². The maximum absolute atomic E-state index is 12.3. The van der Waals surface area contributed by atoms with Gasteiger partial charge in [0.15, 0.2) is 35.6 Å². The SMILES string of the molecule is CCCc1c(O)c(O)c(C=O)c2c(O)c(-c3c(C(C)CC)cc4c(CCC)c(O)c(O)c(C=O)c4c3O)c(C(C)CC)cc12. The van der Waals surface area contributed by atoms with Crippen LogP contribution in [0.1, 0.15) is 122 Å². The van der Waals surface area contributed by atoms with Gasteiger partial charge >= 0.3 is 0 Å². The van der Waals surface area contributed by atoms with Gasteiger partial charge < -0.3 is 30.6 Å². The van der Waals surface area contributed by atoms with Crippen LogP contribution < -0.4 is 0 Å². The molecule has 0 saturated heterocycles. The Morgan fingerprint density at radius 3 is 1.18 bits per heavy atom. The highest BCUT2D eigenvalue weighted by Gasteiger charge is 2.31. The molecule has 0 fully saturated rings. The lowest BCUT2D eigenvalue weighted by Crippen LogP contribution is -2.05. The zero-order valence-electron chi connectivity index (χ0n) is 26.2. The number of benzene rings is 4. The minimum atomic E-state index is -0.633. The third-order valence-corrected chi connectivity index (χ3v) is 9.15. The number of aromatic hydroxyl groups is 6. The van der Waals surface area contributed by atoms with Crippen LogP contribution in [0.3, 0.4) is 0 Å². The summed E-state index contributed by atoms with van der Waals surface area (Å²) in [7, 11) is 0. The van der Waals surface area contributed by atoms with Gasteiger partial charge in [0.05, 0.1) is 11.1 Å². The molecule has 44 heavy (non-hydrogen) atoms. The highest BCUT2D eigenvalue weighted by Crippen LogP contribution is 2.55. The molecule has 0 aliphatic rings. The maximum atomic E-state index is 12.3. The molecule has 0 aliphatic carbocycles. The fraction of sp³-hybridized carbons (Fsp3) is 0.389. The average molecular weight is 603 g/mol. The van der Waals surface area contributed by atoms with Crippen LogP contribution in [0.4, 0.5) is 0 Å². The Morgan fingerprint density at radius 1 is 0.568 bits per heavy atom. The number of carbonyl (C=O) groups is 2.